The monoisotopic (exact) mass is 597 g/mol. The number of nitrogens with zero attached hydrogens (tertiary/aromatic N) is 4. The number of nitrogens with one attached hydrogen (secondary N) is 1. The zero-order valence-corrected chi connectivity index (χ0v) is 23.1. The van der Waals surface area contributed by atoms with E-state index in [1.807, 2.05) is 42.5 Å². The molecule has 11 nitrogen and oxygen atoms in total. The summed E-state index contributed by atoms with van der Waals surface area (Å²) in [5.41, 5.74) is 0.117. The Labute approximate surface area is 243 Å². The highest BCUT2D eigenvalue weighted by atomic mass is 32.2. The van der Waals surface area contributed by atoms with Crippen molar-refractivity contribution in [3.8, 4) is 11.8 Å². The fourth-order valence-electron chi connectivity index (χ4n) is 4.11. The van der Waals surface area contributed by atoms with Crippen molar-refractivity contribution in [2.75, 3.05) is 5.32 Å². The molecule has 0 atom stereocenters. The molecule has 5 rings (SSSR count). The summed E-state index contributed by atoms with van der Waals surface area (Å²) in [5, 5.41) is 34.8. The van der Waals surface area contributed by atoms with Crippen molar-refractivity contribution in [3.63, 3.8) is 0 Å². The Morgan fingerprint density at radius 2 is 1.71 bits per heavy atom. The molecule has 0 spiro atoms. The molecule has 0 aliphatic carbocycles. The van der Waals surface area contributed by atoms with Gasteiger partial charge in [0.25, 0.3) is 11.6 Å². The average molecular weight is 598 g/mol. The minimum atomic E-state index is -4.63. The van der Waals surface area contributed by atoms with Crippen LogP contribution in [0.3, 0.4) is 0 Å². The second-order valence-corrected chi connectivity index (χ2v) is 11.3. The van der Waals surface area contributed by atoms with Gasteiger partial charge < -0.3 is 4.18 Å². The number of anilines is 1. The molecule has 0 aliphatic rings. The maximum atomic E-state index is 12.9. The molecular formula is C29H19N5O6S2. The first-order chi connectivity index (χ1) is 20.2. The third-order valence-electron chi connectivity index (χ3n) is 6.02. The number of amides is 1. The number of hydrogen-bond acceptors (Lipinski definition) is 10. The standard InChI is InChI=1S/C29H19N5O6S2/c30-18-22(16-21-9-2-5-14-25(21)40-42(38,39)26-15-6-4-13-24(26)34(36)37)28(35)31-29-33-32-27(41-29)17-20-11-7-10-19-8-1-3-12-23(19)20/h1-16H,17H2,(H,31,33,35)/b22-16+. The molecule has 42 heavy (non-hydrogen) atoms. The molecule has 0 saturated carbocycles. The minimum Gasteiger partial charge on any atom is -0.378 e. The van der Waals surface area contributed by atoms with Gasteiger partial charge in [-0.25, -0.2) is 0 Å². The number of fused-ring (bicyclic) bond motifs is 1. The van der Waals surface area contributed by atoms with E-state index in [9.17, 15) is 28.6 Å². The Morgan fingerprint density at radius 3 is 2.52 bits per heavy atom. The molecule has 13 heteroatoms. The van der Waals surface area contributed by atoms with E-state index in [2.05, 4.69) is 15.5 Å². The Hall–Kier alpha value is -5.45. The fraction of sp³-hybridized carbons (Fsp3) is 0.0345. The molecule has 5 aromatic rings. The lowest BCUT2D eigenvalue weighted by atomic mass is 10.0. The van der Waals surface area contributed by atoms with Crippen molar-refractivity contribution < 1.29 is 22.3 Å². The zero-order valence-electron chi connectivity index (χ0n) is 21.5. The molecule has 0 saturated heterocycles. The smallest absolute Gasteiger partial charge is 0.346 e. The summed E-state index contributed by atoms with van der Waals surface area (Å²) in [6.07, 6.45) is 1.65. The Morgan fingerprint density at radius 1 is 1.00 bits per heavy atom. The summed E-state index contributed by atoms with van der Waals surface area (Å²) in [5.74, 6) is -1.02. The van der Waals surface area contributed by atoms with E-state index >= 15 is 0 Å². The van der Waals surface area contributed by atoms with Gasteiger partial charge in [0.15, 0.2) is 4.90 Å². The Kier molecular flexibility index (Phi) is 8.00. The van der Waals surface area contributed by atoms with Crippen molar-refractivity contribution in [2.24, 2.45) is 0 Å². The van der Waals surface area contributed by atoms with E-state index in [1.54, 1.807) is 12.1 Å². The van der Waals surface area contributed by atoms with Gasteiger partial charge in [0.05, 0.1) is 4.92 Å². The number of carbonyl (C=O) groups is 1. The van der Waals surface area contributed by atoms with Crippen molar-refractivity contribution >= 4 is 55.0 Å². The largest absolute Gasteiger partial charge is 0.378 e. The van der Waals surface area contributed by atoms with Crippen molar-refractivity contribution in [1.29, 1.82) is 5.26 Å². The molecule has 4 aromatic carbocycles. The van der Waals surface area contributed by atoms with Gasteiger partial charge in [0, 0.05) is 18.1 Å². The van der Waals surface area contributed by atoms with Crippen LogP contribution in [-0.4, -0.2) is 29.4 Å². The van der Waals surface area contributed by atoms with Gasteiger partial charge in [-0.05, 0) is 34.5 Å². The Balaban J connectivity index is 1.35. The SMILES string of the molecule is N#C/C(=C\c1ccccc1OS(=O)(=O)c1ccccc1[N+](=O)[O-])C(=O)Nc1nnc(Cc2cccc3ccccc23)s1. The summed E-state index contributed by atoms with van der Waals surface area (Å²) >= 11 is 1.16. The molecular weight excluding hydrogens is 578 g/mol. The van der Waals surface area contributed by atoms with Crippen LogP contribution < -0.4 is 9.50 Å². The van der Waals surface area contributed by atoms with Crippen LogP contribution in [0.1, 0.15) is 16.1 Å². The number of nitro benzene ring substituents is 1. The molecule has 0 radical (unpaired) electrons. The first kappa shape index (κ1) is 28.1. The van der Waals surface area contributed by atoms with Crippen LogP contribution in [0, 0.1) is 21.4 Å². The van der Waals surface area contributed by atoms with Crippen LogP contribution in [0.25, 0.3) is 16.8 Å². The fourth-order valence-corrected chi connectivity index (χ4v) is 5.99. The van der Waals surface area contributed by atoms with Gasteiger partial charge in [0.1, 0.15) is 22.4 Å². The lowest BCUT2D eigenvalue weighted by Gasteiger charge is -2.10. The van der Waals surface area contributed by atoms with Crippen molar-refractivity contribution in [2.45, 2.75) is 11.3 Å². The van der Waals surface area contributed by atoms with Gasteiger partial charge in [-0.1, -0.05) is 84.1 Å². The third-order valence-corrected chi connectivity index (χ3v) is 8.15. The first-order valence-corrected chi connectivity index (χ1v) is 14.5. The maximum absolute atomic E-state index is 12.9. The number of nitro groups is 1. The van der Waals surface area contributed by atoms with Gasteiger partial charge in [-0.3, -0.25) is 20.2 Å². The predicted octanol–water partition coefficient (Wildman–Crippen LogP) is 5.50. The molecule has 0 aliphatic heterocycles. The highest BCUT2D eigenvalue weighted by Crippen LogP contribution is 2.30. The molecule has 1 aromatic heterocycles. The highest BCUT2D eigenvalue weighted by Gasteiger charge is 2.28. The number of para-hydroxylation sites is 2. The summed E-state index contributed by atoms with van der Waals surface area (Å²) < 4.78 is 31.0. The minimum absolute atomic E-state index is 0.0836. The summed E-state index contributed by atoms with van der Waals surface area (Å²) in [6.45, 7) is 0. The second-order valence-electron chi connectivity index (χ2n) is 8.74. The maximum Gasteiger partial charge on any atom is 0.346 e. The van der Waals surface area contributed by atoms with E-state index in [-0.39, 0.29) is 22.0 Å². The first-order valence-electron chi connectivity index (χ1n) is 12.2. The normalized spacial score (nSPS) is 11.5. The third kappa shape index (κ3) is 6.15. The lowest BCUT2D eigenvalue weighted by molar-refractivity contribution is -0.387. The van der Waals surface area contributed by atoms with Crippen LogP contribution in [0.4, 0.5) is 10.8 Å². The number of carbonyl (C=O) groups excluding carboxylic acids is 1. The zero-order chi connectivity index (χ0) is 29.7. The second kappa shape index (κ2) is 12.0. The highest BCUT2D eigenvalue weighted by molar-refractivity contribution is 7.87. The molecule has 0 unspecified atom stereocenters. The summed E-state index contributed by atoms with van der Waals surface area (Å²) in [6, 6.07) is 26.2. The molecule has 0 bridgehead atoms. The summed E-state index contributed by atoms with van der Waals surface area (Å²) in [4.78, 5) is 22.8. The van der Waals surface area contributed by atoms with Crippen molar-refractivity contribution in [1.82, 2.24) is 10.2 Å². The van der Waals surface area contributed by atoms with E-state index in [0.717, 1.165) is 45.9 Å². The van der Waals surface area contributed by atoms with Gasteiger partial charge in [-0.15, -0.1) is 10.2 Å². The van der Waals surface area contributed by atoms with Crippen LogP contribution in [0.2, 0.25) is 0 Å². The molecule has 0 fully saturated rings. The van der Waals surface area contributed by atoms with Crippen LogP contribution in [0.5, 0.6) is 5.75 Å². The number of hydrogen-bond donors (Lipinski definition) is 1. The number of aromatic nitrogens is 2. The number of nitriles is 1. The molecule has 208 valence electrons. The van der Waals surface area contributed by atoms with Gasteiger partial charge >= 0.3 is 10.1 Å². The number of rotatable bonds is 9. The topological polar surface area (TPSA) is 165 Å². The van der Waals surface area contributed by atoms with E-state index in [1.165, 1.54) is 30.3 Å². The molecule has 1 heterocycles. The van der Waals surface area contributed by atoms with Gasteiger partial charge in [-0.2, -0.15) is 13.7 Å². The predicted molar refractivity (Wildman–Crippen MR) is 156 cm³/mol. The summed E-state index contributed by atoms with van der Waals surface area (Å²) in [7, 11) is -4.63. The quantitative estimate of drug-likeness (QED) is 0.0758. The van der Waals surface area contributed by atoms with Crippen molar-refractivity contribution in [3.05, 3.63) is 123 Å². The number of benzene rings is 4. The Bertz CT molecular complexity index is 2010. The van der Waals surface area contributed by atoms with E-state index in [0.29, 0.717) is 11.4 Å². The molecule has 1 N–H and O–H groups in total. The van der Waals surface area contributed by atoms with Gasteiger partial charge in [0.2, 0.25) is 5.13 Å². The molecule has 1 amide bonds. The van der Waals surface area contributed by atoms with Crippen LogP contribution in [-0.2, 0) is 21.3 Å². The van der Waals surface area contributed by atoms with E-state index in [4.69, 9.17) is 4.18 Å². The lowest BCUT2D eigenvalue weighted by Crippen LogP contribution is -2.14. The van der Waals surface area contributed by atoms with Crippen LogP contribution in [0.15, 0.2) is 101 Å². The van der Waals surface area contributed by atoms with Crippen LogP contribution >= 0.6 is 11.3 Å². The van der Waals surface area contributed by atoms with E-state index < -0.39 is 31.5 Å². The average Bonchev–Trinajstić information content (AvgIpc) is 3.43.